The summed E-state index contributed by atoms with van der Waals surface area (Å²) in [7, 11) is -3.80. The molecule has 2 heterocycles. The van der Waals surface area contributed by atoms with Gasteiger partial charge in [0.05, 0.1) is 29.4 Å². The van der Waals surface area contributed by atoms with Crippen molar-refractivity contribution in [2.75, 3.05) is 31.6 Å². The largest absolute Gasteiger partial charge is 0.455 e. The molecule has 2 aromatic carbocycles. The predicted molar refractivity (Wildman–Crippen MR) is 119 cm³/mol. The molecule has 1 aliphatic rings. The summed E-state index contributed by atoms with van der Waals surface area (Å²) in [5.74, 6) is -0.370. The van der Waals surface area contributed by atoms with E-state index in [-0.39, 0.29) is 29.4 Å². The van der Waals surface area contributed by atoms with Crippen LogP contribution in [0.4, 0.5) is 10.1 Å². The maximum absolute atomic E-state index is 13.3. The van der Waals surface area contributed by atoms with Crippen LogP contribution in [0.5, 0.6) is 11.5 Å². The number of anilines is 1. The van der Waals surface area contributed by atoms with Crippen LogP contribution in [-0.2, 0) is 14.8 Å². The molecule has 0 radical (unpaired) electrons. The Hall–Kier alpha value is -3.34. The van der Waals surface area contributed by atoms with Gasteiger partial charge in [-0.1, -0.05) is 0 Å². The van der Waals surface area contributed by atoms with Crippen LogP contribution < -0.4 is 10.1 Å². The Balaban J connectivity index is 1.68. The fraction of sp³-hybridized carbons (Fsp3) is 0.217. The lowest BCUT2D eigenvalue weighted by Gasteiger charge is -2.26. The average molecular weight is 472 g/mol. The van der Waals surface area contributed by atoms with E-state index in [0.717, 1.165) is 5.69 Å². The van der Waals surface area contributed by atoms with Crippen molar-refractivity contribution in [2.45, 2.75) is 11.8 Å². The van der Waals surface area contributed by atoms with Crippen LogP contribution in [0.15, 0.2) is 65.7 Å². The minimum atomic E-state index is -3.80. The van der Waals surface area contributed by atoms with E-state index < -0.39 is 21.7 Å². The molecule has 1 N–H and O–H groups in total. The number of carbonyl (C=O) groups is 1. The molecular weight excluding hydrogens is 449 g/mol. The van der Waals surface area contributed by atoms with Gasteiger partial charge in [0.15, 0.2) is 5.75 Å². The van der Waals surface area contributed by atoms with Gasteiger partial charge in [-0.05, 0) is 61.5 Å². The van der Waals surface area contributed by atoms with E-state index in [4.69, 9.17) is 9.47 Å². The number of sulfonamides is 1. The van der Waals surface area contributed by atoms with E-state index >= 15 is 0 Å². The zero-order valence-corrected chi connectivity index (χ0v) is 18.6. The van der Waals surface area contributed by atoms with Crippen LogP contribution in [0.25, 0.3) is 0 Å². The topological polar surface area (TPSA) is 97.8 Å². The van der Waals surface area contributed by atoms with Gasteiger partial charge in [0.25, 0.3) is 5.91 Å². The molecule has 8 nitrogen and oxygen atoms in total. The number of hydrogen-bond acceptors (Lipinski definition) is 6. The van der Waals surface area contributed by atoms with E-state index in [9.17, 15) is 17.6 Å². The number of rotatable bonds is 6. The van der Waals surface area contributed by atoms with Gasteiger partial charge in [0.2, 0.25) is 10.0 Å². The molecule has 1 fully saturated rings. The molecule has 0 bridgehead atoms. The number of aryl methyl sites for hydroxylation is 1. The Morgan fingerprint density at radius 1 is 1.09 bits per heavy atom. The highest BCUT2D eigenvalue weighted by Gasteiger charge is 2.27. The molecule has 10 heteroatoms. The first kappa shape index (κ1) is 22.8. The summed E-state index contributed by atoms with van der Waals surface area (Å²) >= 11 is 0. The molecule has 0 saturated carbocycles. The quantitative estimate of drug-likeness (QED) is 0.590. The van der Waals surface area contributed by atoms with Crippen molar-refractivity contribution < 1.29 is 27.1 Å². The molecule has 1 aromatic heterocycles. The number of ether oxygens (including phenoxy) is 2. The van der Waals surface area contributed by atoms with Gasteiger partial charge in [-0.3, -0.25) is 9.78 Å². The number of nitrogens with one attached hydrogen (secondary N) is 1. The van der Waals surface area contributed by atoms with Gasteiger partial charge in [-0.2, -0.15) is 4.31 Å². The number of aromatic nitrogens is 1. The average Bonchev–Trinajstić information content (AvgIpc) is 2.82. The van der Waals surface area contributed by atoms with Crippen LogP contribution in [0.1, 0.15) is 16.1 Å². The second-order valence-electron chi connectivity index (χ2n) is 7.37. The zero-order valence-electron chi connectivity index (χ0n) is 17.8. The molecule has 1 saturated heterocycles. The molecule has 0 unspecified atom stereocenters. The van der Waals surface area contributed by atoms with Crippen molar-refractivity contribution in [3.63, 3.8) is 0 Å². The molecule has 172 valence electrons. The van der Waals surface area contributed by atoms with Crippen LogP contribution >= 0.6 is 0 Å². The lowest BCUT2D eigenvalue weighted by atomic mass is 10.2. The van der Waals surface area contributed by atoms with E-state index in [1.54, 1.807) is 19.1 Å². The standard InChI is InChI=1S/C23H22FN3O5S/c1-16-2-3-17(15-25-16)23(28)26-21-14-20(33(29,30)27-10-12-31-13-11-27)8-9-22(21)32-19-6-4-18(24)5-7-19/h2-9,14-15H,10-13H2,1H3,(H,26,28). The van der Waals surface area contributed by atoms with Crippen LogP contribution in [0, 0.1) is 12.7 Å². The van der Waals surface area contributed by atoms with Crippen LogP contribution in [0.3, 0.4) is 0 Å². The van der Waals surface area contributed by atoms with Crippen LogP contribution in [0.2, 0.25) is 0 Å². The number of benzene rings is 2. The Morgan fingerprint density at radius 3 is 2.48 bits per heavy atom. The maximum atomic E-state index is 13.3. The van der Waals surface area contributed by atoms with Gasteiger partial charge < -0.3 is 14.8 Å². The lowest BCUT2D eigenvalue weighted by molar-refractivity contribution is 0.0730. The summed E-state index contributed by atoms with van der Waals surface area (Å²) in [6, 6.07) is 12.9. The second kappa shape index (κ2) is 9.65. The predicted octanol–water partition coefficient (Wildman–Crippen LogP) is 3.59. The third kappa shape index (κ3) is 5.36. The zero-order chi connectivity index (χ0) is 23.4. The van der Waals surface area contributed by atoms with Crippen molar-refractivity contribution in [1.29, 1.82) is 0 Å². The third-order valence-electron chi connectivity index (χ3n) is 5.02. The smallest absolute Gasteiger partial charge is 0.257 e. The number of nitrogens with zero attached hydrogens (tertiary/aromatic N) is 2. The van der Waals surface area contributed by atoms with Crippen molar-refractivity contribution >= 4 is 21.6 Å². The first-order valence-corrected chi connectivity index (χ1v) is 11.7. The number of hydrogen-bond donors (Lipinski definition) is 1. The SMILES string of the molecule is Cc1ccc(C(=O)Nc2cc(S(=O)(=O)N3CCOCC3)ccc2Oc2ccc(F)cc2)cn1. The number of morpholine rings is 1. The fourth-order valence-electron chi connectivity index (χ4n) is 3.22. The first-order chi connectivity index (χ1) is 15.8. The second-order valence-corrected chi connectivity index (χ2v) is 9.31. The number of carbonyl (C=O) groups excluding carboxylic acids is 1. The monoisotopic (exact) mass is 471 g/mol. The van der Waals surface area contributed by atoms with E-state index in [1.807, 2.05) is 0 Å². The Labute approximate surface area is 191 Å². The highest BCUT2D eigenvalue weighted by Crippen LogP contribution is 2.33. The Morgan fingerprint density at radius 2 is 1.82 bits per heavy atom. The summed E-state index contributed by atoms with van der Waals surface area (Å²) in [5.41, 5.74) is 1.21. The molecule has 4 rings (SSSR count). The lowest BCUT2D eigenvalue weighted by Crippen LogP contribution is -2.40. The molecule has 0 aliphatic carbocycles. The minimum Gasteiger partial charge on any atom is -0.455 e. The van der Waals surface area contributed by atoms with Gasteiger partial charge >= 0.3 is 0 Å². The summed E-state index contributed by atoms with van der Waals surface area (Å²) in [6.45, 7) is 2.92. The summed E-state index contributed by atoms with van der Waals surface area (Å²) in [6.07, 6.45) is 1.43. The molecule has 3 aromatic rings. The number of amides is 1. The molecule has 0 spiro atoms. The minimum absolute atomic E-state index is 0.00758. The highest BCUT2D eigenvalue weighted by molar-refractivity contribution is 7.89. The number of pyridine rings is 1. The Kier molecular flexibility index (Phi) is 6.68. The molecule has 33 heavy (non-hydrogen) atoms. The molecular formula is C23H22FN3O5S. The Bertz CT molecular complexity index is 1240. The summed E-state index contributed by atoms with van der Waals surface area (Å²) < 4.78 is 51.9. The normalized spacial score (nSPS) is 14.6. The van der Waals surface area contributed by atoms with E-state index in [0.29, 0.717) is 24.5 Å². The van der Waals surface area contributed by atoms with Crippen molar-refractivity contribution in [3.05, 3.63) is 77.9 Å². The van der Waals surface area contributed by atoms with Gasteiger partial charge in [0.1, 0.15) is 11.6 Å². The van der Waals surface area contributed by atoms with Gasteiger partial charge in [0, 0.05) is 25.0 Å². The van der Waals surface area contributed by atoms with E-state index in [1.165, 1.54) is 53.0 Å². The summed E-state index contributed by atoms with van der Waals surface area (Å²) in [4.78, 5) is 16.9. The van der Waals surface area contributed by atoms with E-state index in [2.05, 4.69) is 10.3 Å². The molecule has 0 atom stereocenters. The van der Waals surface area contributed by atoms with Gasteiger partial charge in [-0.25, -0.2) is 12.8 Å². The molecule has 1 amide bonds. The third-order valence-corrected chi connectivity index (χ3v) is 6.92. The number of halogens is 1. The van der Waals surface area contributed by atoms with Crippen LogP contribution in [-0.4, -0.2) is 49.9 Å². The van der Waals surface area contributed by atoms with Crippen molar-refractivity contribution in [2.24, 2.45) is 0 Å². The highest BCUT2D eigenvalue weighted by atomic mass is 32.2. The summed E-state index contributed by atoms with van der Waals surface area (Å²) in [5, 5.41) is 2.71. The van der Waals surface area contributed by atoms with Gasteiger partial charge in [-0.15, -0.1) is 0 Å². The maximum Gasteiger partial charge on any atom is 0.257 e. The van der Waals surface area contributed by atoms with Crippen molar-refractivity contribution in [1.82, 2.24) is 9.29 Å². The van der Waals surface area contributed by atoms with Crippen molar-refractivity contribution in [3.8, 4) is 11.5 Å². The fourth-order valence-corrected chi connectivity index (χ4v) is 4.65. The molecule has 1 aliphatic heterocycles. The first-order valence-electron chi connectivity index (χ1n) is 10.2.